The smallest absolute Gasteiger partial charge is 0.221 e. The lowest BCUT2D eigenvalue weighted by molar-refractivity contribution is -0.121. The van der Waals surface area contributed by atoms with E-state index in [1.54, 1.807) is 18.2 Å². The van der Waals surface area contributed by atoms with Gasteiger partial charge in [-0.1, -0.05) is 18.2 Å². The van der Waals surface area contributed by atoms with Crippen molar-refractivity contribution < 1.29 is 9.18 Å². The van der Waals surface area contributed by atoms with Gasteiger partial charge in [-0.25, -0.2) is 4.39 Å². The molecule has 0 aliphatic heterocycles. The van der Waals surface area contributed by atoms with Crippen LogP contribution in [0.15, 0.2) is 36.4 Å². The third-order valence-electron chi connectivity index (χ3n) is 3.74. The molecule has 0 spiro atoms. The van der Waals surface area contributed by atoms with Crippen molar-refractivity contribution in [2.45, 2.75) is 33.4 Å². The molecule has 0 fully saturated rings. The Kier molecular flexibility index (Phi) is 6.44. The maximum Gasteiger partial charge on any atom is 0.221 e. The molecule has 24 heavy (non-hydrogen) atoms. The maximum atomic E-state index is 13.5. The largest absolute Gasteiger partial charge is 0.352 e. The Bertz CT molecular complexity index is 683. The Labute approximate surface area is 142 Å². The number of rotatable bonds is 7. The second kappa shape index (κ2) is 8.55. The fourth-order valence-corrected chi connectivity index (χ4v) is 2.58. The minimum absolute atomic E-state index is 0.0847. The summed E-state index contributed by atoms with van der Waals surface area (Å²) in [6.45, 7) is 5.57. The number of carbonyl (C=O) groups is 1. The second-order valence-corrected chi connectivity index (χ2v) is 6.13. The van der Waals surface area contributed by atoms with Gasteiger partial charge in [-0.05, 0) is 44.7 Å². The summed E-state index contributed by atoms with van der Waals surface area (Å²) in [5, 5.41) is 2.76. The summed E-state index contributed by atoms with van der Waals surface area (Å²) in [5.74, 6) is -0.380. The zero-order valence-corrected chi connectivity index (χ0v) is 14.5. The molecule has 4 nitrogen and oxygen atoms in total. The highest BCUT2D eigenvalue weighted by Crippen LogP contribution is 2.07. The number of carbonyl (C=O) groups excluding carboxylic acids is 1. The molecule has 0 unspecified atom stereocenters. The predicted octanol–water partition coefficient (Wildman–Crippen LogP) is 2.98. The second-order valence-electron chi connectivity index (χ2n) is 6.13. The number of nitrogens with one attached hydrogen (secondary N) is 1. The summed E-state index contributed by atoms with van der Waals surface area (Å²) in [5.41, 5.74) is 3.69. The number of aromatic nitrogens is 1. The molecule has 1 heterocycles. The van der Waals surface area contributed by atoms with Gasteiger partial charge in [-0.3, -0.25) is 9.78 Å². The normalized spacial score (nSPS) is 10.9. The highest BCUT2D eigenvalue weighted by molar-refractivity contribution is 5.76. The summed E-state index contributed by atoms with van der Waals surface area (Å²) in [6, 6.07) is 10.6. The number of hydrogen-bond donors (Lipinski definition) is 1. The molecule has 0 radical (unpaired) electrons. The van der Waals surface area contributed by atoms with Crippen LogP contribution in [0.2, 0.25) is 0 Å². The lowest BCUT2D eigenvalue weighted by atomic mass is 10.2. The average molecular weight is 329 g/mol. The molecule has 0 saturated heterocycles. The van der Waals surface area contributed by atoms with E-state index in [4.69, 9.17) is 0 Å². The minimum atomic E-state index is -0.296. The van der Waals surface area contributed by atoms with E-state index in [1.807, 2.05) is 27.0 Å². The third-order valence-corrected chi connectivity index (χ3v) is 3.74. The van der Waals surface area contributed by atoms with E-state index in [1.165, 1.54) is 11.6 Å². The molecule has 0 aliphatic rings. The maximum absolute atomic E-state index is 13.5. The topological polar surface area (TPSA) is 45.2 Å². The van der Waals surface area contributed by atoms with Gasteiger partial charge >= 0.3 is 0 Å². The van der Waals surface area contributed by atoms with Crippen LogP contribution in [0.25, 0.3) is 0 Å². The third kappa shape index (κ3) is 5.74. The minimum Gasteiger partial charge on any atom is -0.352 e. The number of hydrogen-bond acceptors (Lipinski definition) is 3. The molecule has 1 aromatic heterocycles. The summed E-state index contributed by atoms with van der Waals surface area (Å²) >= 11 is 0. The van der Waals surface area contributed by atoms with Crippen molar-refractivity contribution in [3.63, 3.8) is 0 Å². The van der Waals surface area contributed by atoms with Crippen LogP contribution in [0, 0.1) is 19.7 Å². The Balaban J connectivity index is 1.75. The summed E-state index contributed by atoms with van der Waals surface area (Å²) in [6.07, 6.45) is 0.371. The molecule has 1 N–H and O–H groups in total. The highest BCUT2D eigenvalue weighted by Gasteiger charge is 2.08. The molecular weight excluding hydrogens is 305 g/mol. The molecule has 5 heteroatoms. The van der Waals surface area contributed by atoms with Gasteiger partial charge in [-0.2, -0.15) is 0 Å². The van der Waals surface area contributed by atoms with Crippen molar-refractivity contribution in [2.75, 3.05) is 13.6 Å². The van der Waals surface area contributed by atoms with E-state index >= 15 is 0 Å². The van der Waals surface area contributed by atoms with Gasteiger partial charge in [0.25, 0.3) is 0 Å². The van der Waals surface area contributed by atoms with Crippen molar-refractivity contribution in [1.82, 2.24) is 15.2 Å². The molecular formula is C19H24FN3O. The average Bonchev–Trinajstić information content (AvgIpc) is 2.51. The molecule has 1 aromatic carbocycles. The van der Waals surface area contributed by atoms with Crippen LogP contribution in [0.1, 0.15) is 28.9 Å². The first-order chi connectivity index (χ1) is 11.4. The monoisotopic (exact) mass is 329 g/mol. The van der Waals surface area contributed by atoms with Gasteiger partial charge in [-0.15, -0.1) is 0 Å². The molecule has 0 aliphatic carbocycles. The number of amides is 1. The van der Waals surface area contributed by atoms with E-state index < -0.39 is 0 Å². The highest BCUT2D eigenvalue weighted by atomic mass is 19.1. The predicted molar refractivity (Wildman–Crippen MR) is 92.9 cm³/mol. The van der Waals surface area contributed by atoms with Crippen molar-refractivity contribution in [3.8, 4) is 0 Å². The van der Waals surface area contributed by atoms with Crippen LogP contribution >= 0.6 is 0 Å². The van der Waals surface area contributed by atoms with Crippen molar-refractivity contribution in [1.29, 1.82) is 0 Å². The standard InChI is InChI=1S/C19H24FN3O/c1-14-10-15(2)22-17(11-14)13-23(3)9-8-19(24)21-12-16-6-4-5-7-18(16)20/h4-7,10-11H,8-9,12-13H2,1-3H3,(H,21,24). The van der Waals surface area contributed by atoms with E-state index in [0.29, 0.717) is 25.1 Å². The molecule has 128 valence electrons. The number of aryl methyl sites for hydroxylation is 2. The Hall–Kier alpha value is -2.27. The molecule has 2 aromatic rings. The van der Waals surface area contributed by atoms with E-state index in [-0.39, 0.29) is 18.3 Å². The molecule has 1 amide bonds. The molecule has 2 rings (SSSR count). The lowest BCUT2D eigenvalue weighted by Crippen LogP contribution is -2.28. The fraction of sp³-hybridized carbons (Fsp3) is 0.368. The van der Waals surface area contributed by atoms with Crippen LogP contribution in [0.4, 0.5) is 4.39 Å². The summed E-state index contributed by atoms with van der Waals surface area (Å²) in [4.78, 5) is 18.5. The summed E-state index contributed by atoms with van der Waals surface area (Å²) < 4.78 is 13.5. The molecule has 0 saturated carbocycles. The van der Waals surface area contributed by atoms with E-state index in [0.717, 1.165) is 11.4 Å². The SMILES string of the molecule is Cc1cc(C)nc(CN(C)CCC(=O)NCc2ccccc2F)c1. The van der Waals surface area contributed by atoms with Gasteiger partial charge in [0.2, 0.25) is 5.91 Å². The Morgan fingerprint density at radius 3 is 2.71 bits per heavy atom. The van der Waals surface area contributed by atoms with Crippen LogP contribution in [-0.4, -0.2) is 29.4 Å². The van der Waals surface area contributed by atoms with E-state index in [9.17, 15) is 9.18 Å². The lowest BCUT2D eigenvalue weighted by Gasteiger charge is -2.16. The van der Waals surface area contributed by atoms with Crippen molar-refractivity contribution >= 4 is 5.91 Å². The molecule has 0 bridgehead atoms. The summed E-state index contributed by atoms with van der Waals surface area (Å²) in [7, 11) is 1.96. The number of pyridine rings is 1. The zero-order chi connectivity index (χ0) is 17.5. The van der Waals surface area contributed by atoms with Crippen LogP contribution in [0.3, 0.4) is 0 Å². The number of halogens is 1. The zero-order valence-electron chi connectivity index (χ0n) is 14.5. The first kappa shape index (κ1) is 18.1. The van der Waals surface area contributed by atoms with Gasteiger partial charge in [0.1, 0.15) is 5.82 Å². The Morgan fingerprint density at radius 1 is 1.25 bits per heavy atom. The fourth-order valence-electron chi connectivity index (χ4n) is 2.58. The quantitative estimate of drug-likeness (QED) is 0.849. The number of nitrogens with zero attached hydrogens (tertiary/aromatic N) is 2. The van der Waals surface area contributed by atoms with Gasteiger partial charge in [0, 0.05) is 37.3 Å². The van der Waals surface area contributed by atoms with Crippen LogP contribution in [0.5, 0.6) is 0 Å². The number of benzene rings is 1. The van der Waals surface area contributed by atoms with Crippen LogP contribution in [-0.2, 0) is 17.9 Å². The first-order valence-corrected chi connectivity index (χ1v) is 8.07. The van der Waals surface area contributed by atoms with Crippen molar-refractivity contribution in [3.05, 3.63) is 64.7 Å². The van der Waals surface area contributed by atoms with Gasteiger partial charge < -0.3 is 10.2 Å². The Morgan fingerprint density at radius 2 is 2.00 bits per heavy atom. The first-order valence-electron chi connectivity index (χ1n) is 8.07. The van der Waals surface area contributed by atoms with Crippen LogP contribution < -0.4 is 5.32 Å². The van der Waals surface area contributed by atoms with Gasteiger partial charge in [0.05, 0.1) is 5.69 Å². The van der Waals surface area contributed by atoms with Gasteiger partial charge in [0.15, 0.2) is 0 Å². The van der Waals surface area contributed by atoms with E-state index in [2.05, 4.69) is 21.3 Å². The molecule has 0 atom stereocenters. The van der Waals surface area contributed by atoms with Crippen molar-refractivity contribution in [2.24, 2.45) is 0 Å².